The summed E-state index contributed by atoms with van der Waals surface area (Å²) in [5.41, 5.74) is 1.04. The lowest BCUT2D eigenvalue weighted by Crippen LogP contribution is -2.51. The third-order valence-corrected chi connectivity index (χ3v) is 6.92. The number of amides is 2. The number of nitrogens with zero attached hydrogens (tertiary/aromatic N) is 3. The number of carbonyl (C=O) groups is 2. The van der Waals surface area contributed by atoms with Crippen LogP contribution in [0, 0.1) is 11.8 Å². The van der Waals surface area contributed by atoms with Crippen molar-refractivity contribution in [2.45, 2.75) is 32.2 Å². The summed E-state index contributed by atoms with van der Waals surface area (Å²) in [7, 11) is 4.86. The number of fused-ring (bicyclic) bond motifs is 1. The van der Waals surface area contributed by atoms with Crippen molar-refractivity contribution < 1.29 is 23.8 Å². The summed E-state index contributed by atoms with van der Waals surface area (Å²) < 4.78 is 16.5. The molecule has 3 fully saturated rings. The second kappa shape index (κ2) is 9.44. The van der Waals surface area contributed by atoms with Crippen molar-refractivity contribution in [1.29, 1.82) is 0 Å². The van der Waals surface area contributed by atoms with Gasteiger partial charge in [0.15, 0.2) is 11.5 Å². The molecule has 2 saturated heterocycles. The number of methoxy groups -OCH3 is 3. The molecule has 2 aliphatic heterocycles. The van der Waals surface area contributed by atoms with Gasteiger partial charge in [0.25, 0.3) is 0 Å². The normalized spacial score (nSPS) is 24.9. The Morgan fingerprint density at radius 1 is 0.806 bits per heavy atom. The molecule has 1 aromatic carbocycles. The molecule has 2 amide bonds. The first kappa shape index (κ1) is 21.9. The van der Waals surface area contributed by atoms with Crippen molar-refractivity contribution >= 4 is 11.8 Å². The number of hydrogen-bond acceptors (Lipinski definition) is 7. The van der Waals surface area contributed by atoms with Crippen molar-refractivity contribution in [2.75, 3.05) is 54.2 Å². The Kier molecular flexibility index (Phi) is 6.67. The second-order valence-corrected chi connectivity index (χ2v) is 8.63. The van der Waals surface area contributed by atoms with Crippen LogP contribution in [0.1, 0.15) is 31.2 Å². The summed E-state index contributed by atoms with van der Waals surface area (Å²) in [6, 6.07) is 3.91. The molecule has 8 heteroatoms. The number of rotatable bonds is 7. The molecule has 0 radical (unpaired) electrons. The van der Waals surface area contributed by atoms with Gasteiger partial charge in [0.05, 0.1) is 39.8 Å². The lowest BCUT2D eigenvalue weighted by atomic mass is 9.81. The average Bonchev–Trinajstić information content (AvgIpc) is 3.04. The van der Waals surface area contributed by atoms with Gasteiger partial charge in [0.2, 0.25) is 17.6 Å². The molecule has 0 spiro atoms. The molecule has 0 N–H and O–H groups in total. The minimum atomic E-state index is -0.0694. The minimum absolute atomic E-state index is 0.0483. The van der Waals surface area contributed by atoms with Gasteiger partial charge in [-0.25, -0.2) is 0 Å². The van der Waals surface area contributed by atoms with Gasteiger partial charge in [-0.05, 0) is 18.9 Å². The molecular formula is C23H33N3O5. The molecule has 0 unspecified atom stereocenters. The summed E-state index contributed by atoms with van der Waals surface area (Å²) in [5.74, 6) is 1.90. The van der Waals surface area contributed by atoms with Crippen LogP contribution >= 0.6 is 0 Å². The predicted molar refractivity (Wildman–Crippen MR) is 115 cm³/mol. The van der Waals surface area contributed by atoms with Gasteiger partial charge in [0.1, 0.15) is 0 Å². The van der Waals surface area contributed by atoms with Gasteiger partial charge >= 0.3 is 0 Å². The van der Waals surface area contributed by atoms with Gasteiger partial charge in [0, 0.05) is 38.3 Å². The number of imide groups is 1. The van der Waals surface area contributed by atoms with Gasteiger partial charge in [-0.3, -0.25) is 24.3 Å². The Bertz CT molecular complexity index is 798. The Balaban J connectivity index is 1.34. The third kappa shape index (κ3) is 4.23. The second-order valence-electron chi connectivity index (χ2n) is 8.63. The van der Waals surface area contributed by atoms with E-state index in [0.717, 1.165) is 64.0 Å². The number of carbonyl (C=O) groups excluding carboxylic acids is 2. The third-order valence-electron chi connectivity index (χ3n) is 6.92. The summed E-state index contributed by atoms with van der Waals surface area (Å²) in [4.78, 5) is 31.6. The van der Waals surface area contributed by atoms with Crippen LogP contribution in [0.2, 0.25) is 0 Å². The topological polar surface area (TPSA) is 71.6 Å². The van der Waals surface area contributed by atoms with E-state index in [4.69, 9.17) is 14.2 Å². The molecule has 1 aliphatic carbocycles. The van der Waals surface area contributed by atoms with Crippen molar-refractivity contribution in [3.63, 3.8) is 0 Å². The number of piperazine rings is 1. The maximum Gasteiger partial charge on any atom is 0.234 e. The zero-order chi connectivity index (χ0) is 22.0. The molecule has 8 nitrogen and oxygen atoms in total. The molecule has 2 heterocycles. The van der Waals surface area contributed by atoms with Crippen LogP contribution < -0.4 is 14.2 Å². The van der Waals surface area contributed by atoms with Crippen LogP contribution in [0.15, 0.2) is 12.1 Å². The molecule has 0 aromatic heterocycles. The standard InChI is InChI=1S/C23H33N3O5/c1-29-19-9-8-16(20(30-2)21(19)31-3)14-24-10-12-25(13-11-24)15-26-22(27)17-6-4-5-7-18(17)23(26)28/h8-9,17-18H,4-7,10-15H2,1-3H3/t17-,18+. The van der Waals surface area contributed by atoms with Gasteiger partial charge in [-0.1, -0.05) is 18.9 Å². The van der Waals surface area contributed by atoms with Crippen LogP contribution in [0.3, 0.4) is 0 Å². The van der Waals surface area contributed by atoms with Crippen LogP contribution in [0.4, 0.5) is 0 Å². The fourth-order valence-electron chi connectivity index (χ4n) is 5.19. The van der Waals surface area contributed by atoms with Crippen molar-refractivity contribution in [3.8, 4) is 17.2 Å². The smallest absolute Gasteiger partial charge is 0.234 e. The zero-order valence-electron chi connectivity index (χ0n) is 18.8. The largest absolute Gasteiger partial charge is 0.493 e. The fraction of sp³-hybridized carbons (Fsp3) is 0.652. The van der Waals surface area contributed by atoms with E-state index >= 15 is 0 Å². The molecule has 2 atom stereocenters. The zero-order valence-corrected chi connectivity index (χ0v) is 18.8. The summed E-state index contributed by atoms with van der Waals surface area (Å²) >= 11 is 0. The highest BCUT2D eigenvalue weighted by atomic mass is 16.5. The van der Waals surface area contributed by atoms with Crippen LogP contribution in [-0.2, 0) is 16.1 Å². The van der Waals surface area contributed by atoms with E-state index in [2.05, 4.69) is 9.80 Å². The lowest BCUT2D eigenvalue weighted by molar-refractivity contribution is -0.142. The van der Waals surface area contributed by atoms with Crippen molar-refractivity contribution in [1.82, 2.24) is 14.7 Å². The van der Waals surface area contributed by atoms with E-state index in [1.165, 1.54) is 4.90 Å². The summed E-state index contributed by atoms with van der Waals surface area (Å²) in [6.45, 7) is 4.53. The van der Waals surface area contributed by atoms with E-state index in [-0.39, 0.29) is 23.7 Å². The molecule has 1 saturated carbocycles. The minimum Gasteiger partial charge on any atom is -0.493 e. The maximum atomic E-state index is 12.7. The first-order valence-corrected chi connectivity index (χ1v) is 11.1. The number of benzene rings is 1. The van der Waals surface area contributed by atoms with E-state index in [9.17, 15) is 9.59 Å². The lowest BCUT2D eigenvalue weighted by Gasteiger charge is -2.36. The van der Waals surface area contributed by atoms with E-state index in [0.29, 0.717) is 23.9 Å². The van der Waals surface area contributed by atoms with E-state index in [1.807, 2.05) is 12.1 Å². The van der Waals surface area contributed by atoms with Crippen molar-refractivity contribution in [3.05, 3.63) is 17.7 Å². The number of hydrogen-bond donors (Lipinski definition) is 0. The van der Waals surface area contributed by atoms with Crippen LogP contribution in [0.25, 0.3) is 0 Å². The summed E-state index contributed by atoms with van der Waals surface area (Å²) in [6.07, 6.45) is 3.86. The van der Waals surface area contributed by atoms with E-state index in [1.54, 1.807) is 21.3 Å². The van der Waals surface area contributed by atoms with Crippen LogP contribution in [0.5, 0.6) is 17.2 Å². The quantitative estimate of drug-likeness (QED) is 0.611. The molecular weight excluding hydrogens is 398 g/mol. The summed E-state index contributed by atoms with van der Waals surface area (Å²) in [5, 5.41) is 0. The fourth-order valence-corrected chi connectivity index (χ4v) is 5.19. The maximum absolute atomic E-state index is 12.7. The molecule has 0 bridgehead atoms. The van der Waals surface area contributed by atoms with E-state index < -0.39 is 0 Å². The number of ether oxygens (including phenoxy) is 3. The molecule has 4 rings (SSSR count). The molecule has 31 heavy (non-hydrogen) atoms. The monoisotopic (exact) mass is 431 g/mol. The first-order valence-electron chi connectivity index (χ1n) is 11.1. The predicted octanol–water partition coefficient (Wildman–Crippen LogP) is 1.96. The Morgan fingerprint density at radius 3 is 1.94 bits per heavy atom. The Labute approximate surface area is 184 Å². The van der Waals surface area contributed by atoms with Gasteiger partial charge < -0.3 is 14.2 Å². The van der Waals surface area contributed by atoms with Gasteiger partial charge in [-0.15, -0.1) is 0 Å². The molecule has 170 valence electrons. The Hall–Kier alpha value is -2.32. The molecule has 3 aliphatic rings. The Morgan fingerprint density at radius 2 is 1.39 bits per heavy atom. The van der Waals surface area contributed by atoms with Crippen molar-refractivity contribution in [2.24, 2.45) is 11.8 Å². The highest BCUT2D eigenvalue weighted by molar-refractivity contribution is 6.05. The highest BCUT2D eigenvalue weighted by Gasteiger charge is 2.48. The van der Waals surface area contributed by atoms with Gasteiger partial charge in [-0.2, -0.15) is 0 Å². The SMILES string of the molecule is COc1ccc(CN2CCN(CN3C(=O)[C@H]4CCCC[C@H]4C3=O)CC2)c(OC)c1OC. The first-order chi connectivity index (χ1) is 15.1. The van der Waals surface area contributed by atoms with Crippen LogP contribution in [-0.4, -0.2) is 80.7 Å². The number of likely N-dealkylation sites (tertiary alicyclic amines) is 1. The molecule has 1 aromatic rings. The average molecular weight is 432 g/mol. The highest BCUT2D eigenvalue weighted by Crippen LogP contribution is 2.40.